The van der Waals surface area contributed by atoms with Gasteiger partial charge in [-0.25, -0.2) is 0 Å². The molecule has 1 saturated heterocycles. The van der Waals surface area contributed by atoms with E-state index >= 15 is 0 Å². The van der Waals surface area contributed by atoms with Gasteiger partial charge in [0, 0.05) is 33.1 Å². The molecule has 4 N–H and O–H groups in total. The zero-order valence-corrected chi connectivity index (χ0v) is 12.6. The van der Waals surface area contributed by atoms with E-state index in [1.165, 1.54) is 18.3 Å². The van der Waals surface area contributed by atoms with Crippen LogP contribution in [0.2, 0.25) is 0 Å². The van der Waals surface area contributed by atoms with Gasteiger partial charge in [-0.15, -0.1) is 11.3 Å². The molecular weight excluding hydrogens is 276 g/mol. The molecule has 0 unspecified atom stereocenters. The number of nitrogens with two attached hydrogens (primary N) is 2. The number of piperazine rings is 1. The third-order valence-corrected chi connectivity index (χ3v) is 4.97. The van der Waals surface area contributed by atoms with Crippen molar-refractivity contribution in [2.75, 3.05) is 43.4 Å². The lowest BCUT2D eigenvalue weighted by Gasteiger charge is -2.35. The van der Waals surface area contributed by atoms with Crippen molar-refractivity contribution in [3.63, 3.8) is 0 Å². The number of anilines is 2. The average molecular weight is 296 g/mol. The van der Waals surface area contributed by atoms with Crippen molar-refractivity contribution in [3.8, 4) is 0 Å². The summed E-state index contributed by atoms with van der Waals surface area (Å²) in [5, 5.41) is 0.732. The van der Waals surface area contributed by atoms with Crippen molar-refractivity contribution in [2.45, 2.75) is 13.8 Å². The molecule has 0 saturated carbocycles. The largest absolute Gasteiger partial charge is 0.397 e. The molecule has 0 radical (unpaired) electrons. The standard InChI is InChI=1S/C13H20N4O2S/c1-3-16-4-6-17(7-5-16)13-9(12(15)19)10(14)11(20-13)8(2)18/h3-7,14H2,1-2H3,(H2,15,19). The highest BCUT2D eigenvalue weighted by molar-refractivity contribution is 7.19. The number of nitrogens with zero attached hydrogens (tertiary/aromatic N) is 2. The second-order valence-corrected chi connectivity index (χ2v) is 5.87. The zero-order chi connectivity index (χ0) is 14.9. The molecule has 1 aromatic rings. The van der Waals surface area contributed by atoms with Gasteiger partial charge in [0.05, 0.1) is 16.1 Å². The van der Waals surface area contributed by atoms with Gasteiger partial charge in [-0.2, -0.15) is 0 Å². The average Bonchev–Trinajstić information content (AvgIpc) is 2.76. The Morgan fingerprint density at radius 1 is 1.25 bits per heavy atom. The van der Waals surface area contributed by atoms with E-state index in [9.17, 15) is 9.59 Å². The van der Waals surface area contributed by atoms with Crippen molar-refractivity contribution < 1.29 is 9.59 Å². The molecule has 110 valence electrons. The lowest BCUT2D eigenvalue weighted by molar-refractivity contribution is 0.100. The summed E-state index contributed by atoms with van der Waals surface area (Å²) in [7, 11) is 0. The number of nitrogen functional groups attached to an aromatic ring is 1. The molecular formula is C13H20N4O2S. The Bertz CT molecular complexity index is 533. The molecule has 1 amide bonds. The quantitative estimate of drug-likeness (QED) is 0.801. The van der Waals surface area contributed by atoms with Crippen molar-refractivity contribution in [1.82, 2.24) is 4.90 Å². The first-order valence-electron chi connectivity index (χ1n) is 6.66. The Kier molecular flexibility index (Phi) is 4.29. The molecule has 6 nitrogen and oxygen atoms in total. The Morgan fingerprint density at radius 3 is 2.30 bits per heavy atom. The Hall–Kier alpha value is -1.60. The maximum Gasteiger partial charge on any atom is 0.253 e. The van der Waals surface area contributed by atoms with Gasteiger partial charge in [0.15, 0.2) is 5.78 Å². The van der Waals surface area contributed by atoms with Crippen LogP contribution in [0.3, 0.4) is 0 Å². The van der Waals surface area contributed by atoms with Crippen LogP contribution in [0.5, 0.6) is 0 Å². The monoisotopic (exact) mass is 296 g/mol. The number of thiophene rings is 1. The third-order valence-electron chi connectivity index (χ3n) is 3.60. The summed E-state index contributed by atoms with van der Waals surface area (Å²) in [4.78, 5) is 28.1. The Morgan fingerprint density at radius 2 is 1.85 bits per heavy atom. The second-order valence-electron chi connectivity index (χ2n) is 4.87. The topological polar surface area (TPSA) is 92.7 Å². The van der Waals surface area contributed by atoms with Crippen molar-refractivity contribution >= 4 is 33.7 Å². The van der Waals surface area contributed by atoms with Crippen LogP contribution in [0.4, 0.5) is 10.7 Å². The maximum absolute atomic E-state index is 11.6. The van der Waals surface area contributed by atoms with E-state index in [1.807, 2.05) is 0 Å². The maximum atomic E-state index is 11.6. The molecule has 20 heavy (non-hydrogen) atoms. The lowest BCUT2D eigenvalue weighted by atomic mass is 10.2. The molecule has 1 aromatic heterocycles. The van der Waals surface area contributed by atoms with Crippen LogP contribution in [0.15, 0.2) is 0 Å². The summed E-state index contributed by atoms with van der Waals surface area (Å²) >= 11 is 1.27. The van der Waals surface area contributed by atoms with Crippen LogP contribution in [-0.2, 0) is 0 Å². The predicted octanol–water partition coefficient (Wildman–Crippen LogP) is 0.774. The molecule has 1 aliphatic rings. The molecule has 0 spiro atoms. The van der Waals surface area contributed by atoms with Crippen molar-refractivity contribution in [2.24, 2.45) is 5.73 Å². The summed E-state index contributed by atoms with van der Waals surface area (Å²) in [5.74, 6) is -0.701. The second kappa shape index (κ2) is 5.80. The summed E-state index contributed by atoms with van der Waals surface area (Å²) in [6.45, 7) is 8.08. The van der Waals surface area contributed by atoms with E-state index in [4.69, 9.17) is 11.5 Å². The molecule has 0 aliphatic carbocycles. The number of hydrogen-bond acceptors (Lipinski definition) is 6. The van der Waals surface area contributed by atoms with E-state index in [2.05, 4.69) is 16.7 Å². The summed E-state index contributed by atoms with van der Waals surface area (Å²) in [5.41, 5.74) is 11.9. The first kappa shape index (κ1) is 14.8. The summed E-state index contributed by atoms with van der Waals surface area (Å²) in [6.07, 6.45) is 0. The fourth-order valence-corrected chi connectivity index (χ4v) is 3.59. The van der Waals surface area contributed by atoms with Crippen molar-refractivity contribution in [3.05, 3.63) is 10.4 Å². The van der Waals surface area contributed by atoms with Gasteiger partial charge in [-0.05, 0) is 6.54 Å². The number of Topliss-reactive ketones (excluding diaryl/α,β-unsaturated/α-hetero) is 1. The fourth-order valence-electron chi connectivity index (χ4n) is 2.42. The van der Waals surface area contributed by atoms with E-state index < -0.39 is 5.91 Å². The van der Waals surface area contributed by atoms with Gasteiger partial charge in [0.2, 0.25) is 0 Å². The van der Waals surface area contributed by atoms with Gasteiger partial charge < -0.3 is 21.3 Å². The lowest BCUT2D eigenvalue weighted by Crippen LogP contribution is -2.46. The van der Waals surface area contributed by atoms with E-state index in [0.29, 0.717) is 10.4 Å². The summed E-state index contributed by atoms with van der Waals surface area (Å²) < 4.78 is 0. The molecule has 1 aliphatic heterocycles. The zero-order valence-electron chi connectivity index (χ0n) is 11.8. The number of likely N-dealkylation sites (N-methyl/N-ethyl adjacent to an activating group) is 1. The molecule has 7 heteroatoms. The van der Waals surface area contributed by atoms with Crippen LogP contribution >= 0.6 is 11.3 Å². The molecule has 2 heterocycles. The van der Waals surface area contributed by atoms with E-state index in [1.54, 1.807) is 0 Å². The summed E-state index contributed by atoms with van der Waals surface area (Å²) in [6, 6.07) is 0. The molecule has 0 aromatic carbocycles. The SMILES string of the molecule is CCN1CCN(c2sc(C(C)=O)c(N)c2C(N)=O)CC1. The molecule has 1 fully saturated rings. The highest BCUT2D eigenvalue weighted by atomic mass is 32.1. The van der Waals surface area contributed by atoms with Gasteiger partial charge in [-0.3, -0.25) is 9.59 Å². The normalized spacial score (nSPS) is 16.4. The van der Waals surface area contributed by atoms with Crippen LogP contribution in [0.25, 0.3) is 0 Å². The Balaban J connectivity index is 2.34. The number of amides is 1. The van der Waals surface area contributed by atoms with Gasteiger partial charge in [0.25, 0.3) is 5.91 Å². The highest BCUT2D eigenvalue weighted by Gasteiger charge is 2.27. The predicted molar refractivity (Wildman–Crippen MR) is 81.6 cm³/mol. The first-order valence-corrected chi connectivity index (χ1v) is 7.47. The van der Waals surface area contributed by atoms with E-state index in [-0.39, 0.29) is 11.5 Å². The van der Waals surface area contributed by atoms with Crippen LogP contribution in [0, 0.1) is 0 Å². The first-order chi connectivity index (χ1) is 9.45. The van der Waals surface area contributed by atoms with Gasteiger partial charge in [0.1, 0.15) is 5.00 Å². The van der Waals surface area contributed by atoms with Crippen LogP contribution < -0.4 is 16.4 Å². The highest BCUT2D eigenvalue weighted by Crippen LogP contribution is 2.38. The number of primary amides is 1. The number of rotatable bonds is 4. The molecule has 2 rings (SSSR count). The number of carbonyl (C=O) groups is 2. The van der Waals surface area contributed by atoms with Crippen molar-refractivity contribution in [1.29, 1.82) is 0 Å². The Labute approximate surface area is 122 Å². The number of ketones is 1. The minimum atomic E-state index is -0.570. The minimum Gasteiger partial charge on any atom is -0.397 e. The molecule has 0 atom stereocenters. The smallest absolute Gasteiger partial charge is 0.253 e. The van der Waals surface area contributed by atoms with Gasteiger partial charge >= 0.3 is 0 Å². The fraction of sp³-hybridized carbons (Fsp3) is 0.538. The van der Waals surface area contributed by atoms with Crippen LogP contribution in [-0.4, -0.2) is 49.3 Å². The minimum absolute atomic E-state index is 0.131. The van der Waals surface area contributed by atoms with Crippen LogP contribution in [0.1, 0.15) is 33.9 Å². The third kappa shape index (κ3) is 2.64. The van der Waals surface area contributed by atoms with Gasteiger partial charge in [-0.1, -0.05) is 6.92 Å². The number of carbonyl (C=O) groups excluding carboxylic acids is 2. The van der Waals surface area contributed by atoms with E-state index in [0.717, 1.165) is 37.7 Å². The number of hydrogen-bond donors (Lipinski definition) is 2. The molecule has 0 bridgehead atoms.